The third kappa shape index (κ3) is 4.75. The number of halogens is 1. The van der Waals surface area contributed by atoms with Crippen molar-refractivity contribution in [2.75, 3.05) is 0 Å². The van der Waals surface area contributed by atoms with Gasteiger partial charge in [0.05, 0.1) is 17.1 Å². The lowest BCUT2D eigenvalue weighted by Gasteiger charge is -2.04. The minimum atomic E-state index is -0.377. The molecule has 0 aliphatic rings. The molecule has 0 aliphatic heterocycles. The number of hydrogen-bond acceptors (Lipinski definition) is 7. The number of nitrogens with zero attached hydrogens (tertiary/aromatic N) is 3. The molecule has 0 spiro atoms. The summed E-state index contributed by atoms with van der Waals surface area (Å²) in [6.45, 7) is 3.87. The molecule has 0 amide bonds. The first-order chi connectivity index (χ1) is 14.5. The third-order valence-corrected chi connectivity index (χ3v) is 5.58. The summed E-state index contributed by atoms with van der Waals surface area (Å²) >= 11 is 7.38. The van der Waals surface area contributed by atoms with E-state index >= 15 is 0 Å². The number of ether oxygens (including phenoxy) is 1. The SMILES string of the molecule is Cc1ccc(-c2nc(C)sc2CC(=O)OCc2nc(-c3ccc(Cl)cc3)no2)cc1. The summed E-state index contributed by atoms with van der Waals surface area (Å²) < 4.78 is 10.5. The molecule has 0 atom stereocenters. The van der Waals surface area contributed by atoms with Crippen LogP contribution >= 0.6 is 22.9 Å². The highest BCUT2D eigenvalue weighted by Gasteiger charge is 2.17. The fourth-order valence-corrected chi connectivity index (χ4v) is 3.95. The number of thiazole rings is 1. The van der Waals surface area contributed by atoms with Gasteiger partial charge >= 0.3 is 5.97 Å². The molecule has 30 heavy (non-hydrogen) atoms. The maximum Gasteiger partial charge on any atom is 0.311 e. The van der Waals surface area contributed by atoms with Gasteiger partial charge in [-0.3, -0.25) is 4.79 Å². The number of benzene rings is 2. The average molecular weight is 440 g/mol. The Morgan fingerprint density at radius 2 is 1.73 bits per heavy atom. The highest BCUT2D eigenvalue weighted by atomic mass is 35.5. The van der Waals surface area contributed by atoms with Crippen LogP contribution in [-0.4, -0.2) is 21.1 Å². The second-order valence-corrected chi connectivity index (χ2v) is 8.45. The van der Waals surface area contributed by atoms with Crippen LogP contribution in [0.4, 0.5) is 0 Å². The summed E-state index contributed by atoms with van der Waals surface area (Å²) in [6, 6.07) is 15.2. The summed E-state index contributed by atoms with van der Waals surface area (Å²) in [5.41, 5.74) is 3.74. The number of aryl methyl sites for hydroxylation is 2. The van der Waals surface area contributed by atoms with Gasteiger partial charge in [0.25, 0.3) is 5.89 Å². The number of rotatable bonds is 6. The number of esters is 1. The molecule has 0 saturated heterocycles. The van der Waals surface area contributed by atoms with Crippen LogP contribution in [0.25, 0.3) is 22.6 Å². The van der Waals surface area contributed by atoms with Crippen LogP contribution < -0.4 is 0 Å². The van der Waals surface area contributed by atoms with Gasteiger partial charge in [-0.25, -0.2) is 4.98 Å². The van der Waals surface area contributed by atoms with Gasteiger partial charge in [-0.05, 0) is 38.1 Å². The molecular weight excluding hydrogens is 422 g/mol. The Hall–Kier alpha value is -3.03. The number of carbonyl (C=O) groups is 1. The molecule has 2 aromatic heterocycles. The zero-order valence-electron chi connectivity index (χ0n) is 16.4. The normalized spacial score (nSPS) is 10.9. The Morgan fingerprint density at radius 3 is 2.47 bits per heavy atom. The molecule has 0 bridgehead atoms. The predicted octanol–water partition coefficient (Wildman–Crippen LogP) is 5.42. The van der Waals surface area contributed by atoms with Crippen molar-refractivity contribution >= 4 is 28.9 Å². The molecule has 2 heterocycles. The van der Waals surface area contributed by atoms with Crippen LogP contribution in [0.15, 0.2) is 53.1 Å². The van der Waals surface area contributed by atoms with Gasteiger partial charge in [0.15, 0.2) is 6.61 Å². The van der Waals surface area contributed by atoms with Gasteiger partial charge in [0.1, 0.15) is 0 Å². The lowest BCUT2D eigenvalue weighted by molar-refractivity contribution is -0.144. The molecule has 0 N–H and O–H groups in total. The Kier molecular flexibility index (Phi) is 5.92. The molecule has 0 unspecified atom stereocenters. The van der Waals surface area contributed by atoms with Gasteiger partial charge in [0, 0.05) is 21.0 Å². The first-order valence-corrected chi connectivity index (χ1v) is 10.4. The highest BCUT2D eigenvalue weighted by molar-refractivity contribution is 7.12. The Labute approximate surface area is 182 Å². The molecule has 0 aliphatic carbocycles. The lowest BCUT2D eigenvalue weighted by Crippen LogP contribution is -2.08. The van der Waals surface area contributed by atoms with E-state index in [1.165, 1.54) is 16.9 Å². The fraction of sp³-hybridized carbons (Fsp3) is 0.182. The maximum absolute atomic E-state index is 12.4. The number of hydrogen-bond donors (Lipinski definition) is 0. The van der Waals surface area contributed by atoms with E-state index in [2.05, 4.69) is 15.1 Å². The minimum absolute atomic E-state index is 0.0862. The molecule has 8 heteroatoms. The van der Waals surface area contributed by atoms with Gasteiger partial charge in [-0.2, -0.15) is 4.98 Å². The van der Waals surface area contributed by atoms with Gasteiger partial charge in [0.2, 0.25) is 5.82 Å². The summed E-state index contributed by atoms with van der Waals surface area (Å²) in [6.07, 6.45) is 0.132. The zero-order valence-corrected chi connectivity index (χ0v) is 18.0. The molecule has 152 valence electrons. The molecule has 0 fully saturated rings. The third-order valence-electron chi connectivity index (χ3n) is 4.36. The van der Waals surface area contributed by atoms with Crippen LogP contribution in [0.1, 0.15) is 21.3 Å². The summed E-state index contributed by atoms with van der Waals surface area (Å²) in [4.78, 5) is 22.1. The average Bonchev–Trinajstić information content (AvgIpc) is 3.34. The van der Waals surface area contributed by atoms with E-state index in [1.54, 1.807) is 24.3 Å². The molecule has 4 aromatic rings. The zero-order chi connectivity index (χ0) is 21.1. The number of aromatic nitrogens is 3. The van der Waals surface area contributed by atoms with Crippen LogP contribution in [0.2, 0.25) is 5.02 Å². The van der Waals surface area contributed by atoms with Crippen molar-refractivity contribution in [3.05, 3.63) is 74.9 Å². The van der Waals surface area contributed by atoms with Crippen LogP contribution in [0, 0.1) is 13.8 Å². The quantitative estimate of drug-likeness (QED) is 0.373. The summed E-state index contributed by atoms with van der Waals surface area (Å²) in [5, 5.41) is 5.44. The Balaban J connectivity index is 1.40. The van der Waals surface area contributed by atoms with E-state index < -0.39 is 0 Å². The molecule has 6 nitrogen and oxygen atoms in total. The Morgan fingerprint density at radius 1 is 1.03 bits per heavy atom. The van der Waals surface area contributed by atoms with Crippen molar-refractivity contribution in [1.82, 2.24) is 15.1 Å². The molecule has 2 aromatic carbocycles. The van der Waals surface area contributed by atoms with E-state index in [-0.39, 0.29) is 24.9 Å². The topological polar surface area (TPSA) is 78.1 Å². The standard InChI is InChI=1S/C22H18ClN3O3S/c1-13-3-5-15(6-4-13)21-18(30-14(2)24-21)11-20(27)28-12-19-25-22(26-29-19)16-7-9-17(23)10-8-16/h3-10H,11-12H2,1-2H3. The molecule has 0 saturated carbocycles. The van der Waals surface area contributed by atoms with E-state index in [0.717, 1.165) is 26.7 Å². The van der Waals surface area contributed by atoms with Crippen molar-refractivity contribution in [1.29, 1.82) is 0 Å². The minimum Gasteiger partial charge on any atom is -0.455 e. The summed E-state index contributed by atoms with van der Waals surface area (Å²) in [7, 11) is 0. The van der Waals surface area contributed by atoms with E-state index in [0.29, 0.717) is 10.8 Å². The van der Waals surface area contributed by atoms with Crippen LogP contribution in [-0.2, 0) is 22.6 Å². The summed E-state index contributed by atoms with van der Waals surface area (Å²) in [5.74, 6) is 0.267. The smallest absolute Gasteiger partial charge is 0.311 e. The van der Waals surface area contributed by atoms with Crippen LogP contribution in [0.5, 0.6) is 0 Å². The monoisotopic (exact) mass is 439 g/mol. The first kappa shape index (κ1) is 20.3. The molecule has 0 radical (unpaired) electrons. The largest absolute Gasteiger partial charge is 0.455 e. The molecule has 4 rings (SSSR count). The second kappa shape index (κ2) is 8.77. The van der Waals surface area contributed by atoms with Crippen molar-refractivity contribution < 1.29 is 14.1 Å². The molecular formula is C22H18ClN3O3S. The van der Waals surface area contributed by atoms with Crippen molar-refractivity contribution in [2.45, 2.75) is 26.9 Å². The fourth-order valence-electron chi connectivity index (χ4n) is 2.88. The van der Waals surface area contributed by atoms with Crippen molar-refractivity contribution in [3.8, 4) is 22.6 Å². The Bertz CT molecular complexity index is 1170. The predicted molar refractivity (Wildman–Crippen MR) is 115 cm³/mol. The van der Waals surface area contributed by atoms with Gasteiger partial charge in [-0.15, -0.1) is 11.3 Å². The second-order valence-electron chi connectivity index (χ2n) is 6.73. The first-order valence-electron chi connectivity index (χ1n) is 9.25. The van der Waals surface area contributed by atoms with Crippen molar-refractivity contribution in [3.63, 3.8) is 0 Å². The van der Waals surface area contributed by atoms with E-state index in [4.69, 9.17) is 20.9 Å². The number of carbonyl (C=O) groups excluding carboxylic acids is 1. The van der Waals surface area contributed by atoms with Gasteiger partial charge in [-0.1, -0.05) is 46.6 Å². The van der Waals surface area contributed by atoms with Crippen LogP contribution in [0.3, 0.4) is 0 Å². The maximum atomic E-state index is 12.4. The lowest BCUT2D eigenvalue weighted by atomic mass is 10.1. The van der Waals surface area contributed by atoms with E-state index in [1.807, 2.05) is 38.1 Å². The van der Waals surface area contributed by atoms with Gasteiger partial charge < -0.3 is 9.26 Å². The highest BCUT2D eigenvalue weighted by Crippen LogP contribution is 2.29. The van der Waals surface area contributed by atoms with E-state index in [9.17, 15) is 4.79 Å². The van der Waals surface area contributed by atoms with Crippen molar-refractivity contribution in [2.24, 2.45) is 0 Å².